The topological polar surface area (TPSA) is 74.7 Å². The maximum absolute atomic E-state index is 12.5. The van der Waals surface area contributed by atoms with Crippen molar-refractivity contribution < 1.29 is 18.3 Å². The fraction of sp³-hybridized carbons (Fsp3) is 0.462. The van der Waals surface area contributed by atoms with E-state index in [1.165, 1.54) is 28.6 Å². The molecule has 1 N–H and O–H groups in total. The Balaban J connectivity index is 2.29. The standard InChI is InChI=1S/C13H16ClNO4S/c1-2-13(12(16)17)7-8-15(9-13)20(18,19)11-5-3-10(14)4-6-11/h3-6H,2,7-9H2,1H3,(H,16,17). The number of sulfonamides is 1. The van der Waals surface area contributed by atoms with Gasteiger partial charge < -0.3 is 5.11 Å². The van der Waals surface area contributed by atoms with Crippen LogP contribution in [-0.2, 0) is 14.8 Å². The van der Waals surface area contributed by atoms with E-state index in [4.69, 9.17) is 11.6 Å². The lowest BCUT2D eigenvalue weighted by atomic mass is 9.85. The van der Waals surface area contributed by atoms with Crippen molar-refractivity contribution in [1.29, 1.82) is 0 Å². The van der Waals surface area contributed by atoms with Crippen LogP contribution < -0.4 is 0 Å². The first kappa shape index (κ1) is 15.3. The van der Waals surface area contributed by atoms with Gasteiger partial charge >= 0.3 is 5.97 Å². The van der Waals surface area contributed by atoms with Gasteiger partial charge in [0, 0.05) is 18.1 Å². The number of nitrogens with zero attached hydrogens (tertiary/aromatic N) is 1. The Hall–Kier alpha value is -1.11. The van der Waals surface area contributed by atoms with Gasteiger partial charge in [-0.15, -0.1) is 0 Å². The molecular formula is C13H16ClNO4S. The first-order chi connectivity index (χ1) is 9.32. The molecule has 1 saturated heterocycles. The molecule has 1 aliphatic heterocycles. The molecule has 1 unspecified atom stereocenters. The van der Waals surface area contributed by atoms with E-state index >= 15 is 0 Å². The summed E-state index contributed by atoms with van der Waals surface area (Å²) in [5, 5.41) is 9.77. The molecule has 5 nitrogen and oxygen atoms in total. The van der Waals surface area contributed by atoms with Crippen molar-refractivity contribution in [3.63, 3.8) is 0 Å². The Morgan fingerprint density at radius 3 is 2.45 bits per heavy atom. The fourth-order valence-corrected chi connectivity index (χ4v) is 4.06. The summed E-state index contributed by atoms with van der Waals surface area (Å²) in [4.78, 5) is 11.5. The third-order valence-corrected chi connectivity index (χ3v) is 6.01. The lowest BCUT2D eigenvalue weighted by Gasteiger charge is -2.22. The number of rotatable bonds is 4. The van der Waals surface area contributed by atoms with Crippen molar-refractivity contribution in [3.05, 3.63) is 29.3 Å². The van der Waals surface area contributed by atoms with Gasteiger partial charge in [0.15, 0.2) is 0 Å². The highest BCUT2D eigenvalue weighted by Crippen LogP contribution is 2.37. The van der Waals surface area contributed by atoms with Crippen LogP contribution in [0, 0.1) is 5.41 Å². The van der Waals surface area contributed by atoms with E-state index in [0.717, 1.165) is 0 Å². The summed E-state index contributed by atoms with van der Waals surface area (Å²) in [6, 6.07) is 5.89. The summed E-state index contributed by atoms with van der Waals surface area (Å²) in [7, 11) is -3.66. The number of carbonyl (C=O) groups is 1. The molecule has 1 aromatic rings. The van der Waals surface area contributed by atoms with E-state index in [-0.39, 0.29) is 18.0 Å². The average molecular weight is 318 g/mol. The number of halogens is 1. The molecule has 20 heavy (non-hydrogen) atoms. The third kappa shape index (κ3) is 2.55. The number of carboxylic acid groups (broad SMARTS) is 1. The third-order valence-electron chi connectivity index (χ3n) is 3.90. The maximum atomic E-state index is 12.5. The number of benzene rings is 1. The Morgan fingerprint density at radius 2 is 2.00 bits per heavy atom. The number of aliphatic carboxylic acids is 1. The molecule has 0 spiro atoms. The molecule has 7 heteroatoms. The van der Waals surface area contributed by atoms with Gasteiger partial charge in [0.1, 0.15) is 0 Å². The van der Waals surface area contributed by atoms with E-state index in [2.05, 4.69) is 0 Å². The monoisotopic (exact) mass is 317 g/mol. The van der Waals surface area contributed by atoms with Crippen molar-refractivity contribution in [3.8, 4) is 0 Å². The van der Waals surface area contributed by atoms with Crippen molar-refractivity contribution in [1.82, 2.24) is 4.31 Å². The largest absolute Gasteiger partial charge is 0.481 e. The Morgan fingerprint density at radius 1 is 1.40 bits per heavy atom. The molecule has 2 rings (SSSR count). The maximum Gasteiger partial charge on any atom is 0.311 e. The van der Waals surface area contributed by atoms with Crippen LogP contribution in [0.1, 0.15) is 19.8 Å². The van der Waals surface area contributed by atoms with E-state index in [1.807, 2.05) is 0 Å². The van der Waals surface area contributed by atoms with Crippen LogP contribution >= 0.6 is 11.6 Å². The first-order valence-electron chi connectivity index (χ1n) is 6.31. The summed E-state index contributed by atoms with van der Waals surface area (Å²) in [5.41, 5.74) is -0.973. The zero-order valence-corrected chi connectivity index (χ0v) is 12.6. The quantitative estimate of drug-likeness (QED) is 0.924. The van der Waals surface area contributed by atoms with Crippen LogP contribution in [0.5, 0.6) is 0 Å². The molecule has 0 saturated carbocycles. The summed E-state index contributed by atoms with van der Waals surface area (Å²) in [6.07, 6.45) is 0.751. The van der Waals surface area contributed by atoms with Crippen LogP contribution in [0.25, 0.3) is 0 Å². The van der Waals surface area contributed by atoms with Gasteiger partial charge in [0.2, 0.25) is 10.0 Å². The molecule has 0 aliphatic carbocycles. The molecule has 1 atom stereocenters. The van der Waals surface area contributed by atoms with Crippen LogP contribution in [0.2, 0.25) is 5.02 Å². The van der Waals surface area contributed by atoms with E-state index in [0.29, 0.717) is 17.9 Å². The molecule has 0 bridgehead atoms. The fourth-order valence-electron chi connectivity index (χ4n) is 2.41. The smallest absolute Gasteiger partial charge is 0.311 e. The second kappa shape index (κ2) is 5.35. The van der Waals surface area contributed by atoms with Gasteiger partial charge in [-0.1, -0.05) is 18.5 Å². The van der Waals surface area contributed by atoms with Gasteiger partial charge in [-0.25, -0.2) is 8.42 Å². The van der Waals surface area contributed by atoms with Gasteiger partial charge in [0.05, 0.1) is 10.3 Å². The van der Waals surface area contributed by atoms with Gasteiger partial charge in [0.25, 0.3) is 0 Å². The molecule has 0 aromatic heterocycles. The number of carboxylic acids is 1. The Labute approximate surface area is 123 Å². The summed E-state index contributed by atoms with van der Waals surface area (Å²) in [6.45, 7) is 2.02. The molecule has 1 fully saturated rings. The van der Waals surface area contributed by atoms with Crippen LogP contribution in [0.4, 0.5) is 0 Å². The van der Waals surface area contributed by atoms with Crippen LogP contribution in [0.3, 0.4) is 0 Å². The molecule has 1 heterocycles. The zero-order chi connectivity index (χ0) is 15.0. The second-order valence-electron chi connectivity index (χ2n) is 4.98. The highest BCUT2D eigenvalue weighted by atomic mass is 35.5. The minimum Gasteiger partial charge on any atom is -0.481 e. The highest BCUT2D eigenvalue weighted by Gasteiger charge is 2.47. The minimum atomic E-state index is -3.66. The van der Waals surface area contributed by atoms with Gasteiger partial charge in [-0.2, -0.15) is 4.31 Å². The lowest BCUT2D eigenvalue weighted by Crippen LogP contribution is -2.36. The predicted molar refractivity (Wildman–Crippen MR) is 75.2 cm³/mol. The minimum absolute atomic E-state index is 0.0177. The number of hydrogen-bond donors (Lipinski definition) is 1. The van der Waals surface area contributed by atoms with Crippen LogP contribution in [-0.4, -0.2) is 36.9 Å². The molecule has 1 aliphatic rings. The summed E-state index contributed by atoms with van der Waals surface area (Å²) < 4.78 is 26.2. The molecule has 1 aromatic carbocycles. The van der Waals surface area contributed by atoms with Crippen molar-refractivity contribution in [2.24, 2.45) is 5.41 Å². The summed E-state index contributed by atoms with van der Waals surface area (Å²) in [5.74, 6) is -0.936. The Kier molecular flexibility index (Phi) is 4.09. The number of hydrogen-bond acceptors (Lipinski definition) is 3. The van der Waals surface area contributed by atoms with Crippen molar-refractivity contribution >= 4 is 27.6 Å². The van der Waals surface area contributed by atoms with E-state index in [1.54, 1.807) is 6.92 Å². The first-order valence-corrected chi connectivity index (χ1v) is 8.13. The second-order valence-corrected chi connectivity index (χ2v) is 7.36. The lowest BCUT2D eigenvalue weighted by molar-refractivity contribution is -0.148. The van der Waals surface area contributed by atoms with E-state index in [9.17, 15) is 18.3 Å². The molecular weight excluding hydrogens is 302 g/mol. The molecule has 0 radical (unpaired) electrons. The van der Waals surface area contributed by atoms with Crippen LogP contribution in [0.15, 0.2) is 29.2 Å². The zero-order valence-electron chi connectivity index (χ0n) is 11.0. The average Bonchev–Trinajstić information content (AvgIpc) is 2.85. The Bertz CT molecular complexity index is 614. The highest BCUT2D eigenvalue weighted by molar-refractivity contribution is 7.89. The van der Waals surface area contributed by atoms with E-state index < -0.39 is 21.4 Å². The van der Waals surface area contributed by atoms with Gasteiger partial charge in [-0.3, -0.25) is 4.79 Å². The van der Waals surface area contributed by atoms with Crippen molar-refractivity contribution in [2.75, 3.05) is 13.1 Å². The summed E-state index contributed by atoms with van der Waals surface area (Å²) >= 11 is 5.74. The predicted octanol–water partition coefficient (Wildman–Crippen LogP) is 2.22. The SMILES string of the molecule is CCC1(C(=O)O)CCN(S(=O)(=O)c2ccc(Cl)cc2)C1. The van der Waals surface area contributed by atoms with Gasteiger partial charge in [-0.05, 0) is 37.1 Å². The normalized spacial score (nSPS) is 23.9. The van der Waals surface area contributed by atoms with Crippen molar-refractivity contribution in [2.45, 2.75) is 24.7 Å². The molecule has 0 amide bonds. The molecule has 110 valence electrons.